The van der Waals surface area contributed by atoms with Gasteiger partial charge in [0.1, 0.15) is 18.3 Å². The molecule has 2 aliphatic rings. The highest BCUT2D eigenvalue weighted by atomic mass is 19.1. The molecule has 0 radical (unpaired) electrons. The van der Waals surface area contributed by atoms with Crippen molar-refractivity contribution in [3.8, 4) is 5.75 Å². The van der Waals surface area contributed by atoms with E-state index in [-0.39, 0.29) is 31.4 Å². The smallest absolute Gasteiger partial charge is 0.296 e. The molecule has 4 rings (SSSR count). The van der Waals surface area contributed by atoms with E-state index in [2.05, 4.69) is 15.6 Å². The standard InChI is InChI=1S/C24H28F2N6O4/c1-31(11-9-25)19(27)21(35)30-24-8-6-14(12-24)7-10-32-22(36)18(33)17(29-23(24)32)20(34)28-13-15-2-4-16(26)5-3-15/h2-5,14,27,33H,6-13H2,1H3,(H,28,34)(H,30,35). The van der Waals surface area contributed by atoms with Gasteiger partial charge in [-0.1, -0.05) is 12.1 Å². The van der Waals surface area contributed by atoms with Crippen LogP contribution in [0.4, 0.5) is 8.78 Å². The van der Waals surface area contributed by atoms with Gasteiger partial charge in [0, 0.05) is 26.7 Å². The molecule has 4 N–H and O–H groups in total. The van der Waals surface area contributed by atoms with Crippen LogP contribution >= 0.6 is 0 Å². The Morgan fingerprint density at radius 1 is 1.31 bits per heavy atom. The van der Waals surface area contributed by atoms with Crippen LogP contribution in [0, 0.1) is 17.1 Å². The highest BCUT2D eigenvalue weighted by Gasteiger charge is 2.48. The number of likely N-dealkylation sites (N-methyl/N-ethyl adjacent to an activating group) is 1. The molecule has 2 heterocycles. The third-order valence-electron chi connectivity index (χ3n) is 6.90. The normalized spacial score (nSPS) is 20.2. The van der Waals surface area contributed by atoms with Gasteiger partial charge in [0.25, 0.3) is 17.4 Å². The Morgan fingerprint density at radius 3 is 2.72 bits per heavy atom. The molecule has 0 spiro atoms. The van der Waals surface area contributed by atoms with E-state index in [1.165, 1.54) is 40.8 Å². The van der Waals surface area contributed by atoms with Crippen molar-refractivity contribution < 1.29 is 23.5 Å². The molecular weight excluding hydrogens is 474 g/mol. The van der Waals surface area contributed by atoms with Crippen molar-refractivity contribution >= 4 is 17.6 Å². The molecule has 2 aromatic rings. The zero-order chi connectivity index (χ0) is 26.0. The number of fused-ring (bicyclic) bond motifs is 4. The minimum Gasteiger partial charge on any atom is -0.501 e. The second-order valence-corrected chi connectivity index (χ2v) is 9.29. The molecule has 1 aromatic heterocycles. The molecule has 2 bridgehead atoms. The summed E-state index contributed by atoms with van der Waals surface area (Å²) in [6.45, 7) is -0.578. The van der Waals surface area contributed by atoms with E-state index in [4.69, 9.17) is 5.41 Å². The van der Waals surface area contributed by atoms with Gasteiger partial charge in [-0.15, -0.1) is 0 Å². The number of carbonyl (C=O) groups excluding carboxylic acids is 2. The largest absolute Gasteiger partial charge is 0.501 e. The van der Waals surface area contributed by atoms with Crippen LogP contribution in [0.2, 0.25) is 0 Å². The molecule has 2 atom stereocenters. The summed E-state index contributed by atoms with van der Waals surface area (Å²) in [5.41, 5.74) is -1.79. The number of amides is 2. The summed E-state index contributed by atoms with van der Waals surface area (Å²) in [6, 6.07) is 5.48. The molecule has 1 saturated carbocycles. The van der Waals surface area contributed by atoms with Crippen molar-refractivity contribution in [1.82, 2.24) is 25.1 Å². The fourth-order valence-corrected chi connectivity index (χ4v) is 4.91. The maximum atomic E-state index is 13.1. The van der Waals surface area contributed by atoms with Crippen LogP contribution in [-0.4, -0.2) is 57.5 Å². The van der Waals surface area contributed by atoms with Gasteiger partial charge in [-0.05, 0) is 49.3 Å². The first-order chi connectivity index (χ1) is 17.1. The second kappa shape index (κ2) is 10.0. The monoisotopic (exact) mass is 502 g/mol. The van der Waals surface area contributed by atoms with Crippen LogP contribution in [0.25, 0.3) is 0 Å². The zero-order valence-corrected chi connectivity index (χ0v) is 19.8. The van der Waals surface area contributed by atoms with E-state index in [9.17, 15) is 28.3 Å². The predicted molar refractivity (Wildman–Crippen MR) is 126 cm³/mol. The first-order valence-electron chi connectivity index (χ1n) is 11.7. The highest BCUT2D eigenvalue weighted by molar-refractivity contribution is 6.36. The maximum absolute atomic E-state index is 13.1. The number of carbonyl (C=O) groups is 2. The lowest BCUT2D eigenvalue weighted by Crippen LogP contribution is -2.52. The Kier molecular flexibility index (Phi) is 7.04. The zero-order valence-electron chi connectivity index (χ0n) is 19.8. The molecule has 1 aliphatic heterocycles. The number of hydrogen-bond donors (Lipinski definition) is 4. The average molecular weight is 503 g/mol. The summed E-state index contributed by atoms with van der Waals surface area (Å²) < 4.78 is 27.1. The third kappa shape index (κ3) is 4.79. The number of benzene rings is 1. The van der Waals surface area contributed by atoms with E-state index in [1.54, 1.807) is 0 Å². The van der Waals surface area contributed by atoms with Crippen LogP contribution in [0.3, 0.4) is 0 Å². The Morgan fingerprint density at radius 2 is 2.03 bits per heavy atom. The summed E-state index contributed by atoms with van der Waals surface area (Å²) >= 11 is 0. The third-order valence-corrected chi connectivity index (χ3v) is 6.90. The number of alkyl halides is 1. The van der Waals surface area contributed by atoms with Crippen molar-refractivity contribution in [2.45, 2.75) is 44.3 Å². The van der Waals surface area contributed by atoms with E-state index >= 15 is 0 Å². The summed E-state index contributed by atoms with van der Waals surface area (Å²) in [5, 5.41) is 24.0. The lowest BCUT2D eigenvalue weighted by molar-refractivity contribution is -0.117. The lowest BCUT2D eigenvalue weighted by atomic mass is 9.94. The number of rotatable bonds is 6. The van der Waals surface area contributed by atoms with Gasteiger partial charge in [-0.2, -0.15) is 0 Å². The Hall–Kier alpha value is -3.83. The molecule has 1 fully saturated rings. The van der Waals surface area contributed by atoms with Gasteiger partial charge >= 0.3 is 0 Å². The topological polar surface area (TPSA) is 140 Å². The minimum absolute atomic E-state index is 0.0146. The van der Waals surface area contributed by atoms with Crippen molar-refractivity contribution in [3.63, 3.8) is 0 Å². The SMILES string of the molecule is CN(CCF)C(=N)C(=O)NC12CCC(CCn3c1nc(C(=O)NCc1ccc(F)cc1)c(O)c3=O)C2. The Labute approximate surface area is 205 Å². The molecule has 1 aromatic carbocycles. The van der Waals surface area contributed by atoms with E-state index in [0.29, 0.717) is 24.8 Å². The van der Waals surface area contributed by atoms with Crippen molar-refractivity contribution in [3.05, 3.63) is 57.5 Å². The molecule has 2 unspecified atom stereocenters. The van der Waals surface area contributed by atoms with Crippen LogP contribution in [0.15, 0.2) is 29.1 Å². The number of aromatic nitrogens is 2. The lowest BCUT2D eigenvalue weighted by Gasteiger charge is -2.32. The molecule has 10 nitrogen and oxygen atoms in total. The molecule has 12 heteroatoms. The summed E-state index contributed by atoms with van der Waals surface area (Å²) in [7, 11) is 1.43. The summed E-state index contributed by atoms with van der Waals surface area (Å²) in [5.74, 6) is -2.88. The van der Waals surface area contributed by atoms with Crippen LogP contribution in [-0.2, 0) is 23.4 Å². The highest BCUT2D eigenvalue weighted by Crippen LogP contribution is 2.45. The van der Waals surface area contributed by atoms with Gasteiger partial charge in [0.05, 0.1) is 5.54 Å². The number of nitrogens with one attached hydrogen (secondary N) is 3. The van der Waals surface area contributed by atoms with Gasteiger partial charge in [0.15, 0.2) is 11.5 Å². The van der Waals surface area contributed by atoms with Gasteiger partial charge < -0.3 is 20.6 Å². The van der Waals surface area contributed by atoms with Crippen LogP contribution in [0.1, 0.15) is 47.6 Å². The van der Waals surface area contributed by atoms with E-state index in [0.717, 1.165) is 6.42 Å². The fourth-order valence-electron chi connectivity index (χ4n) is 4.91. The first-order valence-corrected chi connectivity index (χ1v) is 11.7. The Bertz CT molecular complexity index is 1250. The first kappa shape index (κ1) is 25.3. The molecule has 0 saturated heterocycles. The Balaban J connectivity index is 1.67. The van der Waals surface area contributed by atoms with E-state index in [1.807, 2.05) is 0 Å². The van der Waals surface area contributed by atoms with Gasteiger partial charge in [0.2, 0.25) is 5.75 Å². The number of amidine groups is 1. The second-order valence-electron chi connectivity index (χ2n) is 9.29. The average Bonchev–Trinajstić information content (AvgIpc) is 3.19. The molecular formula is C24H28F2N6O4. The number of hydrogen-bond acceptors (Lipinski definition) is 6. The summed E-state index contributed by atoms with van der Waals surface area (Å²) in [6.07, 6.45) is 2.25. The minimum atomic E-state index is -1.13. The fraction of sp³-hybridized carbons (Fsp3) is 0.458. The maximum Gasteiger partial charge on any atom is 0.296 e. The molecule has 2 amide bonds. The number of nitrogens with zero attached hydrogens (tertiary/aromatic N) is 3. The van der Waals surface area contributed by atoms with Crippen molar-refractivity contribution in [2.24, 2.45) is 5.92 Å². The van der Waals surface area contributed by atoms with Gasteiger partial charge in [-0.25, -0.2) is 13.8 Å². The van der Waals surface area contributed by atoms with Gasteiger partial charge in [-0.3, -0.25) is 24.4 Å². The quantitative estimate of drug-likeness (QED) is 0.348. The van der Waals surface area contributed by atoms with Crippen molar-refractivity contribution in [2.75, 3.05) is 20.3 Å². The van der Waals surface area contributed by atoms with Crippen LogP contribution in [0.5, 0.6) is 5.75 Å². The molecule has 36 heavy (non-hydrogen) atoms. The number of halogens is 2. The van der Waals surface area contributed by atoms with Crippen LogP contribution < -0.4 is 16.2 Å². The predicted octanol–water partition coefficient (Wildman–Crippen LogP) is 1.41. The number of aromatic hydroxyl groups is 1. The molecule has 1 aliphatic carbocycles. The van der Waals surface area contributed by atoms with E-state index < -0.39 is 52.7 Å². The molecule has 192 valence electrons. The summed E-state index contributed by atoms with van der Waals surface area (Å²) in [4.78, 5) is 44.5. The van der Waals surface area contributed by atoms with Crippen molar-refractivity contribution in [1.29, 1.82) is 5.41 Å².